The highest BCUT2D eigenvalue weighted by Gasteiger charge is 2.21. The topological polar surface area (TPSA) is 55.0 Å². The van der Waals surface area contributed by atoms with Crippen LogP contribution in [0.25, 0.3) is 11.3 Å². The van der Waals surface area contributed by atoms with E-state index >= 15 is 0 Å². The molecule has 1 aromatic heterocycles. The van der Waals surface area contributed by atoms with E-state index in [4.69, 9.17) is 10.7 Å². The van der Waals surface area contributed by atoms with Crippen molar-refractivity contribution in [2.75, 3.05) is 25.0 Å². The number of hydrogen-bond donors (Lipinski definition) is 1. The largest absolute Gasteiger partial charge is 0.343 e. The number of anilines is 1. The summed E-state index contributed by atoms with van der Waals surface area (Å²) in [5.41, 5.74) is 11.7. The fourth-order valence-electron chi connectivity index (χ4n) is 2.51. The molecule has 0 fully saturated rings. The second-order valence-electron chi connectivity index (χ2n) is 5.09. The highest BCUT2D eigenvalue weighted by molar-refractivity contribution is 5.74. The summed E-state index contributed by atoms with van der Waals surface area (Å²) < 4.78 is 0. The van der Waals surface area contributed by atoms with Crippen molar-refractivity contribution >= 4 is 5.95 Å². The van der Waals surface area contributed by atoms with Crippen molar-refractivity contribution < 1.29 is 0 Å². The first-order valence-corrected chi connectivity index (χ1v) is 6.56. The van der Waals surface area contributed by atoms with Crippen LogP contribution >= 0.6 is 0 Å². The summed E-state index contributed by atoms with van der Waals surface area (Å²) in [5, 5.41) is 0. The van der Waals surface area contributed by atoms with Crippen LogP contribution in [0.5, 0.6) is 0 Å². The lowest BCUT2D eigenvalue weighted by atomic mass is 10.1. The molecule has 98 valence electrons. The number of nitrogens with zero attached hydrogens (tertiary/aromatic N) is 3. The molecule has 0 unspecified atom stereocenters. The van der Waals surface area contributed by atoms with E-state index in [1.807, 2.05) is 18.1 Å². The van der Waals surface area contributed by atoms with Crippen molar-refractivity contribution in [1.29, 1.82) is 0 Å². The molecule has 1 aliphatic rings. The quantitative estimate of drug-likeness (QED) is 0.773. The second kappa shape index (κ2) is 4.63. The zero-order valence-corrected chi connectivity index (χ0v) is 11.3. The van der Waals surface area contributed by atoms with Crippen LogP contribution < -0.4 is 10.6 Å². The van der Waals surface area contributed by atoms with Crippen molar-refractivity contribution in [3.63, 3.8) is 0 Å². The van der Waals surface area contributed by atoms with Crippen molar-refractivity contribution in [3.05, 3.63) is 41.1 Å². The first-order valence-electron chi connectivity index (χ1n) is 6.56. The van der Waals surface area contributed by atoms with Gasteiger partial charge in [0.2, 0.25) is 5.95 Å². The van der Waals surface area contributed by atoms with Gasteiger partial charge in [-0.1, -0.05) is 17.7 Å². The Bertz CT molecular complexity index is 622. The minimum absolute atomic E-state index is 0.604. The van der Waals surface area contributed by atoms with E-state index < -0.39 is 0 Å². The molecule has 0 saturated heterocycles. The molecule has 1 aliphatic carbocycles. The van der Waals surface area contributed by atoms with Gasteiger partial charge in [0.1, 0.15) is 0 Å². The Labute approximate surface area is 113 Å². The third kappa shape index (κ3) is 2.08. The fourth-order valence-corrected chi connectivity index (χ4v) is 2.51. The molecule has 0 bridgehead atoms. The number of rotatable bonds is 3. The smallest absolute Gasteiger partial charge is 0.225 e. The van der Waals surface area contributed by atoms with Crippen molar-refractivity contribution in [1.82, 2.24) is 9.97 Å². The number of nitrogens with two attached hydrogens (primary N) is 1. The number of likely N-dealkylation sites (N-methyl/N-ethyl adjacent to an activating group) is 1. The van der Waals surface area contributed by atoms with Crippen LogP contribution in [0, 0.1) is 6.92 Å². The molecule has 4 nitrogen and oxygen atoms in total. The molecule has 2 aromatic rings. The Morgan fingerprint density at radius 3 is 2.95 bits per heavy atom. The highest BCUT2D eigenvalue weighted by Crippen LogP contribution is 2.35. The van der Waals surface area contributed by atoms with E-state index in [0.29, 0.717) is 6.54 Å². The van der Waals surface area contributed by atoms with E-state index in [0.717, 1.165) is 24.6 Å². The molecule has 0 amide bonds. The third-order valence-corrected chi connectivity index (χ3v) is 3.56. The predicted octanol–water partition coefficient (Wildman–Crippen LogP) is 1.75. The number of aryl methyl sites for hydroxylation is 1. The molecule has 19 heavy (non-hydrogen) atoms. The van der Waals surface area contributed by atoms with E-state index in [2.05, 4.69) is 30.1 Å². The average Bonchev–Trinajstić information content (AvgIpc) is 2.76. The number of aromatic nitrogens is 2. The van der Waals surface area contributed by atoms with Gasteiger partial charge >= 0.3 is 0 Å². The van der Waals surface area contributed by atoms with Crippen LogP contribution in [0.1, 0.15) is 16.7 Å². The summed E-state index contributed by atoms with van der Waals surface area (Å²) in [5.74, 6) is 0.749. The Hall–Kier alpha value is -1.94. The van der Waals surface area contributed by atoms with Crippen LogP contribution in [0.4, 0.5) is 5.95 Å². The van der Waals surface area contributed by atoms with Gasteiger partial charge in [0, 0.05) is 43.9 Å². The molecule has 1 heterocycles. The standard InChI is InChI=1S/C15H18N4/c1-10-3-4-11-8-12-9-17-15(19(2)6-5-16)18-14(12)13(11)7-10/h3-4,7,9H,5-6,8,16H2,1-2H3. The van der Waals surface area contributed by atoms with Gasteiger partial charge in [-0.05, 0) is 18.6 Å². The molecule has 2 N–H and O–H groups in total. The SMILES string of the molecule is Cc1ccc2c(c1)-c1nc(N(C)CCN)ncc1C2. The lowest BCUT2D eigenvalue weighted by Crippen LogP contribution is -2.26. The molecule has 0 spiro atoms. The molecule has 0 saturated carbocycles. The maximum atomic E-state index is 5.58. The average molecular weight is 254 g/mol. The maximum absolute atomic E-state index is 5.58. The van der Waals surface area contributed by atoms with Gasteiger partial charge in [0.05, 0.1) is 5.69 Å². The summed E-state index contributed by atoms with van der Waals surface area (Å²) >= 11 is 0. The van der Waals surface area contributed by atoms with Gasteiger partial charge in [0.25, 0.3) is 0 Å². The summed E-state index contributed by atoms with van der Waals surface area (Å²) in [4.78, 5) is 11.1. The summed E-state index contributed by atoms with van der Waals surface area (Å²) in [6, 6.07) is 6.55. The molecule has 0 atom stereocenters. The van der Waals surface area contributed by atoms with E-state index in [-0.39, 0.29) is 0 Å². The normalized spacial score (nSPS) is 12.2. The van der Waals surface area contributed by atoms with Crippen LogP contribution in [-0.2, 0) is 6.42 Å². The molecular formula is C15H18N4. The van der Waals surface area contributed by atoms with Crippen molar-refractivity contribution in [2.24, 2.45) is 5.73 Å². The van der Waals surface area contributed by atoms with E-state index in [9.17, 15) is 0 Å². The van der Waals surface area contributed by atoms with Crippen molar-refractivity contribution in [2.45, 2.75) is 13.3 Å². The van der Waals surface area contributed by atoms with Gasteiger partial charge in [-0.3, -0.25) is 0 Å². The van der Waals surface area contributed by atoms with Crippen LogP contribution in [0.2, 0.25) is 0 Å². The fraction of sp³-hybridized carbons (Fsp3) is 0.333. The van der Waals surface area contributed by atoms with Gasteiger partial charge in [-0.2, -0.15) is 0 Å². The maximum Gasteiger partial charge on any atom is 0.225 e. The third-order valence-electron chi connectivity index (χ3n) is 3.56. The van der Waals surface area contributed by atoms with Crippen LogP contribution in [-0.4, -0.2) is 30.1 Å². The minimum Gasteiger partial charge on any atom is -0.343 e. The molecule has 0 radical (unpaired) electrons. The Morgan fingerprint density at radius 1 is 1.32 bits per heavy atom. The van der Waals surface area contributed by atoms with Crippen LogP contribution in [0.3, 0.4) is 0 Å². The Balaban J connectivity index is 2.04. The number of hydrogen-bond acceptors (Lipinski definition) is 4. The minimum atomic E-state index is 0.604. The number of fused-ring (bicyclic) bond motifs is 3. The van der Waals surface area contributed by atoms with Gasteiger partial charge in [0.15, 0.2) is 0 Å². The first kappa shape index (κ1) is 12.1. The van der Waals surface area contributed by atoms with E-state index in [1.165, 1.54) is 22.3 Å². The predicted molar refractivity (Wildman–Crippen MR) is 77.3 cm³/mol. The molecule has 4 heteroatoms. The molecular weight excluding hydrogens is 236 g/mol. The van der Waals surface area contributed by atoms with Gasteiger partial charge in [-0.15, -0.1) is 0 Å². The Kier molecular flexibility index (Phi) is 2.95. The zero-order valence-electron chi connectivity index (χ0n) is 11.3. The van der Waals surface area contributed by atoms with E-state index in [1.54, 1.807) is 0 Å². The molecule has 1 aromatic carbocycles. The zero-order chi connectivity index (χ0) is 13.4. The first-order chi connectivity index (χ1) is 9.19. The highest BCUT2D eigenvalue weighted by atomic mass is 15.2. The lowest BCUT2D eigenvalue weighted by molar-refractivity contribution is 0.845. The van der Waals surface area contributed by atoms with Gasteiger partial charge in [-0.25, -0.2) is 9.97 Å². The second-order valence-corrected chi connectivity index (χ2v) is 5.09. The lowest BCUT2D eigenvalue weighted by Gasteiger charge is -2.16. The van der Waals surface area contributed by atoms with Gasteiger partial charge < -0.3 is 10.6 Å². The molecule has 0 aliphatic heterocycles. The van der Waals surface area contributed by atoms with Crippen LogP contribution in [0.15, 0.2) is 24.4 Å². The van der Waals surface area contributed by atoms with Crippen molar-refractivity contribution in [3.8, 4) is 11.3 Å². The monoisotopic (exact) mass is 254 g/mol. The summed E-state index contributed by atoms with van der Waals surface area (Å²) in [6.45, 7) is 3.48. The Morgan fingerprint density at radius 2 is 2.16 bits per heavy atom. The number of benzene rings is 1. The summed E-state index contributed by atoms with van der Waals surface area (Å²) in [7, 11) is 1.97. The summed E-state index contributed by atoms with van der Waals surface area (Å²) in [6.07, 6.45) is 2.88. The molecule has 3 rings (SSSR count).